The van der Waals surface area contributed by atoms with Gasteiger partial charge in [0.25, 0.3) is 0 Å². The molecule has 1 saturated carbocycles. The summed E-state index contributed by atoms with van der Waals surface area (Å²) in [7, 11) is 0. The maximum Gasteiger partial charge on any atom is 0.123 e. The Morgan fingerprint density at radius 1 is 1.32 bits per heavy atom. The van der Waals surface area contributed by atoms with Gasteiger partial charge in [0.1, 0.15) is 11.9 Å². The first-order chi connectivity index (χ1) is 9.22. The molecule has 1 aliphatic heterocycles. The van der Waals surface area contributed by atoms with E-state index in [0.717, 1.165) is 24.6 Å². The van der Waals surface area contributed by atoms with Gasteiger partial charge in [-0.3, -0.25) is 0 Å². The molecular formula is C17H25NO. The molecule has 1 heterocycles. The van der Waals surface area contributed by atoms with Gasteiger partial charge in [0.05, 0.1) is 0 Å². The second-order valence-corrected chi connectivity index (χ2v) is 6.30. The number of fused-ring (bicyclic) bond motifs is 1. The summed E-state index contributed by atoms with van der Waals surface area (Å²) in [5.41, 5.74) is 2.70. The van der Waals surface area contributed by atoms with E-state index >= 15 is 0 Å². The molecule has 3 rings (SSSR count). The molecule has 2 unspecified atom stereocenters. The average molecular weight is 259 g/mol. The molecule has 1 N–H and O–H groups in total. The summed E-state index contributed by atoms with van der Waals surface area (Å²) in [5, 5.41) is 3.69. The maximum atomic E-state index is 6.01. The molecule has 1 aliphatic carbocycles. The summed E-state index contributed by atoms with van der Waals surface area (Å²) in [6.07, 6.45) is 7.02. The molecule has 0 amide bonds. The van der Waals surface area contributed by atoms with Gasteiger partial charge in [0.15, 0.2) is 0 Å². The Bertz CT molecular complexity index is 437. The van der Waals surface area contributed by atoms with E-state index in [4.69, 9.17) is 4.74 Å². The fourth-order valence-electron chi connectivity index (χ4n) is 3.50. The monoisotopic (exact) mass is 259 g/mol. The van der Waals surface area contributed by atoms with Crippen molar-refractivity contribution in [2.24, 2.45) is 5.92 Å². The van der Waals surface area contributed by atoms with Crippen LogP contribution in [0.25, 0.3) is 0 Å². The first kappa shape index (κ1) is 13.0. The molecule has 0 aromatic heterocycles. The molecule has 0 bridgehead atoms. The zero-order chi connectivity index (χ0) is 13.2. The van der Waals surface area contributed by atoms with Crippen molar-refractivity contribution in [3.05, 3.63) is 29.3 Å². The van der Waals surface area contributed by atoms with Gasteiger partial charge in [0.2, 0.25) is 0 Å². The summed E-state index contributed by atoms with van der Waals surface area (Å²) < 4.78 is 6.01. The quantitative estimate of drug-likeness (QED) is 0.894. The minimum atomic E-state index is 0.320. The molecule has 2 atom stereocenters. The number of aryl methyl sites for hydroxylation is 1. The van der Waals surface area contributed by atoms with Gasteiger partial charge < -0.3 is 10.1 Å². The van der Waals surface area contributed by atoms with Crippen LogP contribution in [-0.4, -0.2) is 18.7 Å². The highest BCUT2D eigenvalue weighted by atomic mass is 16.5. The molecule has 19 heavy (non-hydrogen) atoms. The fraction of sp³-hybridized carbons (Fsp3) is 0.647. The second-order valence-electron chi connectivity index (χ2n) is 6.30. The van der Waals surface area contributed by atoms with Crippen LogP contribution in [0, 0.1) is 12.8 Å². The van der Waals surface area contributed by atoms with Crippen LogP contribution in [0.4, 0.5) is 0 Å². The number of ether oxygens (including phenoxy) is 1. The first-order valence-corrected chi connectivity index (χ1v) is 7.72. The summed E-state index contributed by atoms with van der Waals surface area (Å²) >= 11 is 0. The molecule has 0 radical (unpaired) electrons. The zero-order valence-electron chi connectivity index (χ0n) is 12.1. The summed E-state index contributed by atoms with van der Waals surface area (Å²) in [4.78, 5) is 0. The third-order valence-corrected chi connectivity index (χ3v) is 4.73. The van der Waals surface area contributed by atoms with E-state index in [1.54, 1.807) is 0 Å². The Hall–Kier alpha value is -1.02. The molecule has 1 aromatic carbocycles. The third-order valence-electron chi connectivity index (χ3n) is 4.73. The Balaban J connectivity index is 1.50. The molecule has 2 nitrogen and oxygen atoms in total. The van der Waals surface area contributed by atoms with Crippen LogP contribution < -0.4 is 10.1 Å². The Labute approximate surface area is 116 Å². The van der Waals surface area contributed by atoms with Crippen molar-refractivity contribution in [3.63, 3.8) is 0 Å². The molecule has 1 aromatic rings. The van der Waals surface area contributed by atoms with Crippen molar-refractivity contribution >= 4 is 0 Å². The summed E-state index contributed by atoms with van der Waals surface area (Å²) in [6, 6.07) is 7.15. The number of rotatable bonds is 4. The topological polar surface area (TPSA) is 21.3 Å². The predicted octanol–water partition coefficient (Wildman–Crippen LogP) is 3.47. The largest absolute Gasteiger partial charge is 0.488 e. The van der Waals surface area contributed by atoms with Crippen molar-refractivity contribution in [1.29, 1.82) is 0 Å². The zero-order valence-corrected chi connectivity index (χ0v) is 12.1. The normalized spacial score (nSPS) is 24.2. The molecule has 2 aliphatic rings. The van der Waals surface area contributed by atoms with Gasteiger partial charge in [-0.25, -0.2) is 0 Å². The highest BCUT2D eigenvalue weighted by Crippen LogP contribution is 2.30. The second kappa shape index (κ2) is 5.54. The Morgan fingerprint density at radius 3 is 2.89 bits per heavy atom. The molecule has 0 spiro atoms. The highest BCUT2D eigenvalue weighted by molar-refractivity contribution is 5.40. The molecule has 0 saturated heterocycles. The lowest BCUT2D eigenvalue weighted by atomic mass is 9.99. The van der Waals surface area contributed by atoms with Gasteiger partial charge in [0, 0.05) is 19.0 Å². The van der Waals surface area contributed by atoms with Crippen LogP contribution in [0.15, 0.2) is 18.2 Å². The van der Waals surface area contributed by atoms with E-state index in [-0.39, 0.29) is 0 Å². The van der Waals surface area contributed by atoms with Crippen molar-refractivity contribution in [3.8, 4) is 5.75 Å². The van der Waals surface area contributed by atoms with Crippen molar-refractivity contribution in [1.82, 2.24) is 5.32 Å². The number of benzene rings is 1. The number of nitrogens with one attached hydrogen (secondary N) is 1. The van der Waals surface area contributed by atoms with E-state index in [1.165, 1.54) is 36.8 Å². The third kappa shape index (κ3) is 2.94. The van der Waals surface area contributed by atoms with Crippen LogP contribution in [0.2, 0.25) is 0 Å². The first-order valence-electron chi connectivity index (χ1n) is 7.72. The minimum Gasteiger partial charge on any atom is -0.488 e. The van der Waals surface area contributed by atoms with Gasteiger partial charge in [-0.15, -0.1) is 0 Å². The van der Waals surface area contributed by atoms with Crippen molar-refractivity contribution in [2.75, 3.05) is 6.54 Å². The fourth-order valence-corrected chi connectivity index (χ4v) is 3.50. The Morgan fingerprint density at radius 2 is 2.11 bits per heavy atom. The predicted molar refractivity (Wildman–Crippen MR) is 78.7 cm³/mol. The minimum absolute atomic E-state index is 0.320. The lowest BCUT2D eigenvalue weighted by molar-refractivity contribution is 0.214. The lowest BCUT2D eigenvalue weighted by Crippen LogP contribution is -2.39. The SMILES string of the molecule is Cc1ccc2c(c1)CC(CNC(C)C1CCCC1)O2. The van der Waals surface area contributed by atoms with E-state index in [1.807, 2.05) is 0 Å². The van der Waals surface area contributed by atoms with E-state index in [0.29, 0.717) is 12.1 Å². The van der Waals surface area contributed by atoms with Crippen LogP contribution in [-0.2, 0) is 6.42 Å². The van der Waals surface area contributed by atoms with Crippen LogP contribution in [0.5, 0.6) is 5.75 Å². The standard InChI is InChI=1S/C17H25NO/c1-12-7-8-17-15(9-12)10-16(19-17)11-18-13(2)14-5-3-4-6-14/h7-9,13-14,16,18H,3-6,10-11H2,1-2H3. The smallest absolute Gasteiger partial charge is 0.123 e. The van der Waals surface area contributed by atoms with Gasteiger partial charge in [-0.05, 0) is 44.2 Å². The molecular weight excluding hydrogens is 234 g/mol. The molecule has 104 valence electrons. The van der Waals surface area contributed by atoms with Crippen LogP contribution >= 0.6 is 0 Å². The van der Waals surface area contributed by atoms with Gasteiger partial charge in [-0.1, -0.05) is 30.5 Å². The van der Waals surface area contributed by atoms with E-state index in [2.05, 4.69) is 37.4 Å². The number of hydrogen-bond donors (Lipinski definition) is 1. The Kier molecular flexibility index (Phi) is 3.79. The van der Waals surface area contributed by atoms with Gasteiger partial charge >= 0.3 is 0 Å². The molecule has 2 heteroatoms. The average Bonchev–Trinajstić information content (AvgIpc) is 3.04. The van der Waals surface area contributed by atoms with Crippen molar-refractivity contribution in [2.45, 2.75) is 58.1 Å². The van der Waals surface area contributed by atoms with E-state index in [9.17, 15) is 0 Å². The van der Waals surface area contributed by atoms with Crippen molar-refractivity contribution < 1.29 is 4.74 Å². The van der Waals surface area contributed by atoms with Crippen LogP contribution in [0.3, 0.4) is 0 Å². The summed E-state index contributed by atoms with van der Waals surface area (Å²) in [6.45, 7) is 5.46. The number of hydrogen-bond acceptors (Lipinski definition) is 2. The molecule has 1 fully saturated rings. The van der Waals surface area contributed by atoms with Gasteiger partial charge in [-0.2, -0.15) is 0 Å². The van der Waals surface area contributed by atoms with E-state index < -0.39 is 0 Å². The lowest BCUT2D eigenvalue weighted by Gasteiger charge is -2.22. The van der Waals surface area contributed by atoms with Crippen LogP contribution in [0.1, 0.15) is 43.7 Å². The summed E-state index contributed by atoms with van der Waals surface area (Å²) in [5.74, 6) is 1.97. The maximum absolute atomic E-state index is 6.01. The highest BCUT2D eigenvalue weighted by Gasteiger charge is 2.25.